The van der Waals surface area contributed by atoms with Gasteiger partial charge in [0.1, 0.15) is 79.4 Å². The van der Waals surface area contributed by atoms with Crippen molar-refractivity contribution in [2.24, 2.45) is 5.92 Å². The van der Waals surface area contributed by atoms with Gasteiger partial charge in [0.15, 0.2) is 49.8 Å². The van der Waals surface area contributed by atoms with Crippen molar-refractivity contribution in [3.8, 4) is 0 Å². The normalized spacial score (nSPS) is 42.7. The number of hydrogen-bond donors (Lipinski definition) is 9. The molecule has 0 radical (unpaired) electrons. The van der Waals surface area contributed by atoms with Crippen molar-refractivity contribution >= 4 is 17.9 Å². The number of esters is 3. The SMILES string of the molecule is CCCCCCCCCC(=O)O[C@H]1[C@H](O[C@@H]2[C@@H](O)[C@H]3OC(=O)CCCCCCCCC[C@H](CCC)O[C@@H]4O[C@H](C)[C@H](O)[C@H](O)[C@H]4O[C@@H]3O[C@H]2C)O[C@@H](C)[C@H](O[C@@H]2O[C@@H](C)[C@H](OC(=O)[C@@H](C)CC)[C@@H](O)[C@H]2O)[C@H]1O[C@@H]1O[C@H](CO)[C@@H](O)[C@H](O)[C@H]1O. The van der Waals surface area contributed by atoms with Crippen LogP contribution in [0.3, 0.4) is 0 Å². The molecule has 488 valence electrons. The Morgan fingerprint density at radius 3 is 1.76 bits per heavy atom. The van der Waals surface area contributed by atoms with E-state index >= 15 is 0 Å². The van der Waals surface area contributed by atoms with E-state index in [1.54, 1.807) is 20.8 Å². The quantitative estimate of drug-likeness (QED) is 0.0453. The molecule has 25 heteroatoms. The Bertz CT molecular complexity index is 1940. The first-order valence-corrected chi connectivity index (χ1v) is 31.3. The third-order valence-corrected chi connectivity index (χ3v) is 17.2. The molecule has 27 atom stereocenters. The van der Waals surface area contributed by atoms with Gasteiger partial charge in [-0.15, -0.1) is 0 Å². The zero-order valence-electron chi connectivity index (χ0n) is 50.5. The predicted molar refractivity (Wildman–Crippen MR) is 294 cm³/mol. The zero-order valence-corrected chi connectivity index (χ0v) is 50.5. The minimum absolute atomic E-state index is 0.0374. The molecule has 6 rings (SSSR count). The topological polar surface area (TPSA) is 353 Å². The standard InChI is InChI=1S/C59H102O25/c1-9-12-13-14-16-20-24-28-38(62)79-53-52(84-56-44(68)41(65)40(64)36(29-60)77-56)49(82-55-45(69)43(67)47(32(6)73-55)80-54(71)30(4)11-3)34(8)75-59(53)81-48-33(7)74-58-51(46(48)70)78-37(61)27-23-21-18-15-17-19-22-26-35(25-10-2)76-57-50(83-58)42(66)39(63)31(5)72-57/h30-36,39-53,55-60,63-70H,9-29H2,1-8H3/t30-,31+,32-,33-,34-,35-,36+,39-,40+,41-,42-,43-,44+,45+,46+,47-,48-,49-,50+,51+,52+,53+,55-,56-,57-,58-,59-/m0/s1. The first-order valence-electron chi connectivity index (χ1n) is 31.3. The molecule has 0 aromatic rings. The predicted octanol–water partition coefficient (Wildman–Crippen LogP) is 2.74. The fraction of sp³-hybridized carbons (Fsp3) is 0.949. The number of carbonyl (C=O) groups excluding carboxylic acids is 3. The molecular weight excluding hydrogens is 1110 g/mol. The average Bonchev–Trinajstić information content (AvgIpc) is 1.54. The van der Waals surface area contributed by atoms with Crippen LogP contribution in [0.5, 0.6) is 0 Å². The third-order valence-electron chi connectivity index (χ3n) is 17.2. The lowest BCUT2D eigenvalue weighted by molar-refractivity contribution is -0.400. The molecule has 6 fully saturated rings. The number of ether oxygens (including phenoxy) is 13. The van der Waals surface area contributed by atoms with Crippen molar-refractivity contribution < 1.29 is 122 Å². The van der Waals surface area contributed by atoms with E-state index in [-0.39, 0.29) is 18.9 Å². The van der Waals surface area contributed by atoms with Crippen LogP contribution in [-0.2, 0) is 76.0 Å². The molecule has 0 saturated carbocycles. The monoisotopic (exact) mass is 1210 g/mol. The Balaban J connectivity index is 1.36. The van der Waals surface area contributed by atoms with Crippen LogP contribution in [0.2, 0.25) is 0 Å². The number of aliphatic hydroxyl groups is 9. The van der Waals surface area contributed by atoms with E-state index < -0.39 is 184 Å². The fourth-order valence-corrected chi connectivity index (χ4v) is 11.7. The highest BCUT2D eigenvalue weighted by Gasteiger charge is 2.59. The van der Waals surface area contributed by atoms with Crippen LogP contribution in [0.15, 0.2) is 0 Å². The summed E-state index contributed by atoms with van der Waals surface area (Å²) in [5, 5.41) is 102. The number of fused-ring (bicyclic) bond motifs is 2. The number of rotatable bonds is 21. The van der Waals surface area contributed by atoms with E-state index in [0.29, 0.717) is 38.5 Å². The third kappa shape index (κ3) is 18.9. The van der Waals surface area contributed by atoms with Crippen molar-refractivity contribution in [2.75, 3.05) is 6.61 Å². The van der Waals surface area contributed by atoms with E-state index in [0.717, 1.165) is 77.0 Å². The second-order valence-corrected chi connectivity index (χ2v) is 23.9. The summed E-state index contributed by atoms with van der Waals surface area (Å²) >= 11 is 0. The van der Waals surface area contributed by atoms with Crippen LogP contribution in [-0.4, -0.2) is 230 Å². The summed E-state index contributed by atoms with van der Waals surface area (Å²) in [6.45, 7) is 12.8. The molecule has 0 aromatic carbocycles. The highest BCUT2D eigenvalue weighted by Crippen LogP contribution is 2.39. The van der Waals surface area contributed by atoms with Gasteiger partial charge in [0, 0.05) is 12.8 Å². The van der Waals surface area contributed by atoms with Gasteiger partial charge in [-0.2, -0.15) is 0 Å². The average molecular weight is 1210 g/mol. The van der Waals surface area contributed by atoms with Gasteiger partial charge in [0.05, 0.1) is 43.0 Å². The molecule has 6 saturated heterocycles. The molecule has 9 N–H and O–H groups in total. The molecule has 84 heavy (non-hydrogen) atoms. The summed E-state index contributed by atoms with van der Waals surface area (Å²) in [4.78, 5) is 41.0. The maximum atomic E-state index is 14.2. The Kier molecular flexibility index (Phi) is 29.1. The number of aliphatic hydroxyl groups excluding tert-OH is 9. The van der Waals surface area contributed by atoms with Gasteiger partial charge < -0.3 is 108 Å². The van der Waals surface area contributed by atoms with Crippen LogP contribution in [0, 0.1) is 5.92 Å². The van der Waals surface area contributed by atoms with Crippen LogP contribution in [0.1, 0.15) is 184 Å². The van der Waals surface area contributed by atoms with E-state index in [1.165, 1.54) is 20.8 Å². The first kappa shape index (κ1) is 70.7. The molecule has 0 spiro atoms. The van der Waals surface area contributed by atoms with E-state index in [9.17, 15) is 60.3 Å². The van der Waals surface area contributed by atoms with Crippen molar-refractivity contribution in [1.82, 2.24) is 0 Å². The van der Waals surface area contributed by atoms with Gasteiger partial charge in [-0.05, 0) is 59.8 Å². The summed E-state index contributed by atoms with van der Waals surface area (Å²) in [7, 11) is 0. The summed E-state index contributed by atoms with van der Waals surface area (Å²) < 4.78 is 81.6. The second-order valence-electron chi connectivity index (χ2n) is 23.9. The van der Waals surface area contributed by atoms with Crippen LogP contribution in [0.25, 0.3) is 0 Å². The van der Waals surface area contributed by atoms with Crippen molar-refractivity contribution in [2.45, 2.75) is 343 Å². The van der Waals surface area contributed by atoms with E-state index in [4.69, 9.17) is 61.6 Å². The molecule has 0 amide bonds. The molecule has 0 aliphatic carbocycles. The highest BCUT2D eigenvalue weighted by molar-refractivity contribution is 5.72. The Morgan fingerprint density at radius 2 is 1.08 bits per heavy atom. The number of carbonyl (C=O) groups is 3. The summed E-state index contributed by atoms with van der Waals surface area (Å²) in [5.74, 6) is -2.67. The van der Waals surface area contributed by atoms with Crippen LogP contribution >= 0.6 is 0 Å². The van der Waals surface area contributed by atoms with Crippen molar-refractivity contribution in [3.63, 3.8) is 0 Å². The molecule has 6 heterocycles. The second kappa shape index (κ2) is 34.6. The van der Waals surface area contributed by atoms with Gasteiger partial charge in [0.2, 0.25) is 0 Å². The van der Waals surface area contributed by atoms with Gasteiger partial charge in [-0.1, -0.05) is 111 Å². The number of unbranched alkanes of at least 4 members (excludes halogenated alkanes) is 6. The lowest BCUT2D eigenvalue weighted by Gasteiger charge is -2.51. The van der Waals surface area contributed by atoms with Gasteiger partial charge in [-0.25, -0.2) is 0 Å². The Hall–Kier alpha value is -2.35. The molecule has 0 bridgehead atoms. The molecule has 25 nitrogen and oxygen atoms in total. The Labute approximate surface area is 494 Å². The summed E-state index contributed by atoms with van der Waals surface area (Å²) in [6, 6.07) is 0. The lowest BCUT2D eigenvalue weighted by atomic mass is 9.95. The van der Waals surface area contributed by atoms with Crippen LogP contribution < -0.4 is 0 Å². The minimum atomic E-state index is -2.01. The van der Waals surface area contributed by atoms with E-state index in [2.05, 4.69) is 6.92 Å². The number of hydrogen-bond acceptors (Lipinski definition) is 25. The van der Waals surface area contributed by atoms with Gasteiger partial charge >= 0.3 is 17.9 Å². The van der Waals surface area contributed by atoms with Crippen molar-refractivity contribution in [3.05, 3.63) is 0 Å². The maximum absolute atomic E-state index is 14.2. The fourth-order valence-electron chi connectivity index (χ4n) is 11.7. The summed E-state index contributed by atoms with van der Waals surface area (Å²) in [6.07, 6.45) is -25.5. The lowest BCUT2D eigenvalue weighted by Crippen LogP contribution is -2.68. The Morgan fingerprint density at radius 1 is 0.512 bits per heavy atom. The minimum Gasteiger partial charge on any atom is -0.457 e. The van der Waals surface area contributed by atoms with Gasteiger partial charge in [0.25, 0.3) is 0 Å². The molecule has 6 aliphatic heterocycles. The molecule has 0 aromatic heterocycles. The first-order chi connectivity index (χ1) is 40.1. The largest absolute Gasteiger partial charge is 0.457 e. The zero-order chi connectivity index (χ0) is 61.4. The summed E-state index contributed by atoms with van der Waals surface area (Å²) in [5.41, 5.74) is 0. The molecule has 6 aliphatic rings. The highest BCUT2D eigenvalue weighted by atomic mass is 16.8. The van der Waals surface area contributed by atoms with Crippen LogP contribution in [0.4, 0.5) is 0 Å². The van der Waals surface area contributed by atoms with E-state index in [1.807, 2.05) is 6.92 Å². The van der Waals surface area contributed by atoms with Crippen molar-refractivity contribution in [1.29, 1.82) is 0 Å². The maximum Gasteiger partial charge on any atom is 0.309 e. The van der Waals surface area contributed by atoms with Gasteiger partial charge in [-0.3, -0.25) is 14.4 Å². The molecule has 0 unspecified atom stereocenters. The molecular formula is C59H102O25. The smallest absolute Gasteiger partial charge is 0.309 e.